The molecule has 1 atom stereocenters. The number of carbonyl (C=O) groups excluding carboxylic acids is 2. The van der Waals surface area contributed by atoms with E-state index >= 15 is 0 Å². The van der Waals surface area contributed by atoms with E-state index in [1.807, 2.05) is 30.3 Å². The van der Waals surface area contributed by atoms with Crippen molar-refractivity contribution < 1.29 is 14.3 Å². The summed E-state index contributed by atoms with van der Waals surface area (Å²) >= 11 is 1.38. The normalized spacial score (nSPS) is 19.6. The maximum absolute atomic E-state index is 12.9. The lowest BCUT2D eigenvalue weighted by molar-refractivity contribution is -0.136. The van der Waals surface area contributed by atoms with Gasteiger partial charge in [-0.3, -0.25) is 4.90 Å². The molecule has 1 unspecified atom stereocenters. The summed E-state index contributed by atoms with van der Waals surface area (Å²) in [5.74, 6) is -0.0717. The second-order valence-electron chi connectivity index (χ2n) is 6.62. The van der Waals surface area contributed by atoms with Gasteiger partial charge in [-0.1, -0.05) is 42.1 Å². The van der Waals surface area contributed by atoms with Crippen LogP contribution < -0.4 is 5.32 Å². The summed E-state index contributed by atoms with van der Waals surface area (Å²) in [4.78, 5) is 27.4. The molecule has 0 radical (unpaired) electrons. The highest BCUT2D eigenvalue weighted by Gasteiger charge is 2.44. The molecule has 2 aliphatic rings. The molecule has 2 aromatic rings. The topological polar surface area (TPSA) is 102 Å². The first-order valence-corrected chi connectivity index (χ1v) is 9.90. The molecule has 0 spiro atoms. The molecule has 1 aromatic heterocycles. The summed E-state index contributed by atoms with van der Waals surface area (Å²) in [6.07, 6.45) is 1.83. The van der Waals surface area contributed by atoms with Crippen LogP contribution in [0.5, 0.6) is 0 Å². The van der Waals surface area contributed by atoms with Crippen molar-refractivity contribution in [1.29, 1.82) is 0 Å². The van der Waals surface area contributed by atoms with Crippen LogP contribution in [0.15, 0.2) is 46.8 Å². The zero-order chi connectivity index (χ0) is 19.7. The number of aryl methyl sites for hydroxylation is 1. The molecule has 9 nitrogen and oxygen atoms in total. The summed E-state index contributed by atoms with van der Waals surface area (Å²) < 4.78 is 6.64. The van der Waals surface area contributed by atoms with Crippen LogP contribution in [-0.2, 0) is 16.6 Å². The van der Waals surface area contributed by atoms with Crippen LogP contribution >= 0.6 is 11.8 Å². The number of benzene rings is 1. The maximum atomic E-state index is 12.9. The van der Waals surface area contributed by atoms with Crippen molar-refractivity contribution in [3.8, 4) is 0 Å². The molecule has 1 aromatic carbocycles. The molecular weight excluding hydrogens is 380 g/mol. The molecule has 1 N–H and O–H groups in total. The summed E-state index contributed by atoms with van der Waals surface area (Å²) in [7, 11) is 3.10. The van der Waals surface area contributed by atoms with Crippen molar-refractivity contribution in [2.45, 2.75) is 30.1 Å². The van der Waals surface area contributed by atoms with Crippen LogP contribution in [0, 0.1) is 0 Å². The highest BCUT2D eigenvalue weighted by molar-refractivity contribution is 7.99. The van der Waals surface area contributed by atoms with Crippen LogP contribution in [0.25, 0.3) is 0 Å². The summed E-state index contributed by atoms with van der Waals surface area (Å²) in [6, 6.07) is 8.76. The van der Waals surface area contributed by atoms with Crippen LogP contribution in [0.2, 0.25) is 0 Å². The Morgan fingerprint density at radius 3 is 2.68 bits per heavy atom. The van der Waals surface area contributed by atoms with Gasteiger partial charge in [-0.15, -0.1) is 5.10 Å². The van der Waals surface area contributed by atoms with E-state index in [4.69, 9.17) is 4.74 Å². The standard InChI is InChI=1S/C18H20N6O3S/c1-23-18(20-21-22-23)28-10-13-14(16(25)27-2)15(11-6-4-3-5-7-11)19-17(26)24(13)12-8-9-12/h3-7,12,15H,8-10H2,1-2H3,(H,19,26). The summed E-state index contributed by atoms with van der Waals surface area (Å²) in [6.45, 7) is 0. The Hall–Kier alpha value is -2.88. The quantitative estimate of drug-likeness (QED) is 0.581. The van der Waals surface area contributed by atoms with Gasteiger partial charge in [0.15, 0.2) is 0 Å². The number of ether oxygens (including phenoxy) is 1. The minimum Gasteiger partial charge on any atom is -0.466 e. The van der Waals surface area contributed by atoms with Gasteiger partial charge in [-0.05, 0) is 28.8 Å². The van der Waals surface area contributed by atoms with Gasteiger partial charge < -0.3 is 10.1 Å². The third-order valence-corrected chi connectivity index (χ3v) is 5.77. The molecular formula is C18H20N6O3S. The highest BCUT2D eigenvalue weighted by atomic mass is 32.2. The smallest absolute Gasteiger partial charge is 0.338 e. The molecule has 1 aliphatic carbocycles. The molecule has 1 aliphatic heterocycles. The third kappa shape index (κ3) is 3.47. The second kappa shape index (κ2) is 7.63. The third-order valence-electron chi connectivity index (χ3n) is 4.75. The molecule has 146 valence electrons. The average Bonchev–Trinajstić information content (AvgIpc) is 3.47. The van der Waals surface area contributed by atoms with Gasteiger partial charge in [-0.25, -0.2) is 14.3 Å². The maximum Gasteiger partial charge on any atom is 0.338 e. The SMILES string of the molecule is COC(=O)C1=C(CSc2nnnn2C)N(C2CC2)C(=O)NC1c1ccccc1. The molecule has 28 heavy (non-hydrogen) atoms. The molecule has 0 bridgehead atoms. The zero-order valence-electron chi connectivity index (χ0n) is 15.5. The number of thioether (sulfide) groups is 1. The van der Waals surface area contributed by atoms with E-state index in [1.54, 1.807) is 16.6 Å². The van der Waals surface area contributed by atoms with E-state index in [-0.39, 0.29) is 12.1 Å². The first kappa shape index (κ1) is 18.5. The summed E-state index contributed by atoms with van der Waals surface area (Å²) in [5.41, 5.74) is 1.93. The molecule has 10 heteroatoms. The van der Waals surface area contributed by atoms with Gasteiger partial charge in [0.05, 0.1) is 18.7 Å². The van der Waals surface area contributed by atoms with Crippen molar-refractivity contribution >= 4 is 23.8 Å². The lowest BCUT2D eigenvalue weighted by atomic mass is 9.95. The molecule has 0 saturated heterocycles. The Morgan fingerprint density at radius 1 is 1.32 bits per heavy atom. The first-order valence-electron chi connectivity index (χ1n) is 8.91. The Labute approximate surface area is 166 Å². The van der Waals surface area contributed by atoms with E-state index in [0.717, 1.165) is 18.4 Å². The van der Waals surface area contributed by atoms with Crippen molar-refractivity contribution in [2.75, 3.05) is 12.9 Å². The Balaban J connectivity index is 1.78. The highest BCUT2D eigenvalue weighted by Crippen LogP contribution is 2.39. The van der Waals surface area contributed by atoms with Gasteiger partial charge >= 0.3 is 12.0 Å². The fraction of sp³-hybridized carbons (Fsp3) is 0.389. The van der Waals surface area contributed by atoms with Gasteiger partial charge in [0.1, 0.15) is 0 Å². The zero-order valence-corrected chi connectivity index (χ0v) is 16.3. The van der Waals surface area contributed by atoms with E-state index < -0.39 is 12.0 Å². The van der Waals surface area contributed by atoms with Crippen LogP contribution in [0.3, 0.4) is 0 Å². The predicted molar refractivity (Wildman–Crippen MR) is 101 cm³/mol. The Morgan fingerprint density at radius 2 is 2.07 bits per heavy atom. The second-order valence-corrected chi connectivity index (χ2v) is 7.56. The number of esters is 1. The fourth-order valence-electron chi connectivity index (χ4n) is 3.27. The number of tetrazole rings is 1. The van der Waals surface area contributed by atoms with Crippen LogP contribution in [0.1, 0.15) is 24.4 Å². The fourth-order valence-corrected chi connectivity index (χ4v) is 4.15. The van der Waals surface area contributed by atoms with E-state index in [9.17, 15) is 9.59 Å². The number of urea groups is 1. The Kier molecular flexibility index (Phi) is 5.03. The van der Waals surface area contributed by atoms with Crippen molar-refractivity contribution in [2.24, 2.45) is 7.05 Å². The largest absolute Gasteiger partial charge is 0.466 e. The minimum absolute atomic E-state index is 0.101. The van der Waals surface area contributed by atoms with Crippen molar-refractivity contribution in [1.82, 2.24) is 30.4 Å². The van der Waals surface area contributed by atoms with Gasteiger partial charge in [0.2, 0.25) is 5.16 Å². The van der Waals surface area contributed by atoms with Gasteiger partial charge in [0.25, 0.3) is 0 Å². The van der Waals surface area contributed by atoms with E-state index in [1.165, 1.54) is 18.9 Å². The minimum atomic E-state index is -0.565. The molecule has 1 saturated carbocycles. The van der Waals surface area contributed by atoms with Gasteiger partial charge in [0, 0.05) is 24.5 Å². The number of aromatic nitrogens is 4. The monoisotopic (exact) mass is 400 g/mol. The summed E-state index contributed by atoms with van der Waals surface area (Å²) in [5, 5.41) is 15.0. The van der Waals surface area contributed by atoms with Crippen LogP contribution in [-0.4, -0.2) is 56.0 Å². The molecule has 1 fully saturated rings. The first-order chi connectivity index (χ1) is 13.6. The number of hydrogen-bond acceptors (Lipinski definition) is 7. The molecule has 2 heterocycles. The van der Waals surface area contributed by atoms with E-state index in [0.29, 0.717) is 22.2 Å². The van der Waals surface area contributed by atoms with Crippen molar-refractivity contribution in [3.63, 3.8) is 0 Å². The number of carbonyl (C=O) groups is 2. The number of nitrogens with zero attached hydrogens (tertiary/aromatic N) is 5. The number of nitrogens with one attached hydrogen (secondary N) is 1. The average molecular weight is 400 g/mol. The lowest BCUT2D eigenvalue weighted by Crippen LogP contribution is -2.50. The number of hydrogen-bond donors (Lipinski definition) is 1. The Bertz CT molecular complexity index is 924. The number of amides is 2. The number of rotatable bonds is 6. The molecule has 2 amide bonds. The predicted octanol–water partition coefficient (Wildman–Crippen LogP) is 1.66. The van der Waals surface area contributed by atoms with Crippen molar-refractivity contribution in [3.05, 3.63) is 47.2 Å². The number of methoxy groups -OCH3 is 1. The van der Waals surface area contributed by atoms with Gasteiger partial charge in [-0.2, -0.15) is 0 Å². The lowest BCUT2D eigenvalue weighted by Gasteiger charge is -2.36. The van der Waals surface area contributed by atoms with Crippen LogP contribution in [0.4, 0.5) is 4.79 Å². The molecule has 4 rings (SSSR count). The van der Waals surface area contributed by atoms with E-state index in [2.05, 4.69) is 20.8 Å².